The number of nitrogens with zero attached hydrogens (tertiary/aromatic N) is 5. The van der Waals surface area contributed by atoms with E-state index in [1.54, 1.807) is 6.07 Å². The van der Waals surface area contributed by atoms with Gasteiger partial charge < -0.3 is 4.90 Å². The Bertz CT molecular complexity index is 1290. The average Bonchev–Trinajstić information content (AvgIpc) is 3.45. The van der Waals surface area contributed by atoms with Crippen molar-refractivity contribution in [2.75, 3.05) is 19.6 Å². The molecule has 4 heterocycles. The fourth-order valence-corrected chi connectivity index (χ4v) is 6.87. The number of likely N-dealkylation sites (tertiary alicyclic amines) is 1. The first kappa shape index (κ1) is 22.0. The summed E-state index contributed by atoms with van der Waals surface area (Å²) in [7, 11) is -3.56. The molecule has 2 fully saturated rings. The Morgan fingerprint density at radius 1 is 1.00 bits per heavy atom. The molecule has 0 aliphatic carbocycles. The van der Waals surface area contributed by atoms with Crippen LogP contribution in [-0.4, -0.2) is 57.8 Å². The van der Waals surface area contributed by atoms with Crippen LogP contribution in [0.25, 0.3) is 5.65 Å². The molecule has 1 unspecified atom stereocenters. The van der Waals surface area contributed by atoms with Gasteiger partial charge in [0, 0.05) is 31.7 Å². The van der Waals surface area contributed by atoms with Crippen LogP contribution in [0.3, 0.4) is 0 Å². The smallest absolute Gasteiger partial charge is 0.243 e. The summed E-state index contributed by atoms with van der Waals surface area (Å²) in [5.74, 6) is 0.732. The molecule has 0 saturated carbocycles. The third-order valence-electron chi connectivity index (χ3n) is 6.93. The van der Waals surface area contributed by atoms with E-state index in [9.17, 15) is 13.2 Å². The highest BCUT2D eigenvalue weighted by molar-refractivity contribution is 7.89. The number of hydrogen-bond acceptors (Lipinski definition) is 5. The molecule has 2 saturated heterocycles. The lowest BCUT2D eigenvalue weighted by Crippen LogP contribution is -2.44. The maximum Gasteiger partial charge on any atom is 0.243 e. The van der Waals surface area contributed by atoms with Crippen molar-refractivity contribution in [1.82, 2.24) is 23.8 Å². The van der Waals surface area contributed by atoms with E-state index in [4.69, 9.17) is 0 Å². The van der Waals surface area contributed by atoms with Crippen molar-refractivity contribution < 1.29 is 13.2 Å². The Labute approximate surface area is 194 Å². The van der Waals surface area contributed by atoms with Crippen LogP contribution in [0.15, 0.2) is 47.5 Å². The molecule has 2 aromatic heterocycles. The molecule has 1 aromatic carbocycles. The van der Waals surface area contributed by atoms with Crippen LogP contribution in [0.5, 0.6) is 0 Å². The molecule has 0 bridgehead atoms. The summed E-state index contributed by atoms with van der Waals surface area (Å²) in [6, 6.07) is 11.1. The van der Waals surface area contributed by atoms with E-state index in [-0.39, 0.29) is 17.9 Å². The number of rotatable bonds is 4. The number of benzene rings is 1. The maximum atomic E-state index is 13.5. The van der Waals surface area contributed by atoms with Crippen molar-refractivity contribution in [3.8, 4) is 0 Å². The number of aryl methyl sites for hydroxylation is 2. The maximum absolute atomic E-state index is 13.5. The second kappa shape index (κ2) is 8.53. The number of carbonyl (C=O) groups excluding carboxylic acids is 1. The zero-order chi connectivity index (χ0) is 23.2. The van der Waals surface area contributed by atoms with E-state index in [1.165, 1.54) is 4.31 Å². The Hall–Kier alpha value is -2.78. The highest BCUT2D eigenvalue weighted by atomic mass is 32.2. The molecule has 0 spiro atoms. The van der Waals surface area contributed by atoms with Gasteiger partial charge in [-0.05, 0) is 63.3 Å². The summed E-state index contributed by atoms with van der Waals surface area (Å²) in [6.07, 6.45) is 4.79. The third kappa shape index (κ3) is 3.93. The molecule has 174 valence electrons. The molecule has 0 radical (unpaired) electrons. The Morgan fingerprint density at radius 3 is 2.55 bits per heavy atom. The van der Waals surface area contributed by atoms with E-state index < -0.39 is 10.0 Å². The van der Waals surface area contributed by atoms with Crippen LogP contribution >= 0.6 is 0 Å². The van der Waals surface area contributed by atoms with Gasteiger partial charge in [0.25, 0.3) is 0 Å². The first-order valence-electron chi connectivity index (χ1n) is 11.5. The van der Waals surface area contributed by atoms with Crippen molar-refractivity contribution in [2.24, 2.45) is 5.92 Å². The molecule has 1 atom stereocenters. The molecule has 2 aliphatic heterocycles. The average molecular weight is 468 g/mol. The zero-order valence-corrected chi connectivity index (χ0v) is 19.8. The molecule has 8 nitrogen and oxygen atoms in total. The molecule has 0 N–H and O–H groups in total. The van der Waals surface area contributed by atoms with Gasteiger partial charge in [0.15, 0.2) is 11.5 Å². The molecule has 1 amide bonds. The van der Waals surface area contributed by atoms with Crippen LogP contribution < -0.4 is 0 Å². The number of fused-ring (bicyclic) bond motifs is 1. The summed E-state index contributed by atoms with van der Waals surface area (Å²) >= 11 is 0. The van der Waals surface area contributed by atoms with Crippen LogP contribution in [0.1, 0.15) is 48.7 Å². The van der Waals surface area contributed by atoms with Crippen molar-refractivity contribution >= 4 is 21.6 Å². The minimum atomic E-state index is -3.56. The summed E-state index contributed by atoms with van der Waals surface area (Å²) in [6.45, 7) is 5.20. The lowest BCUT2D eigenvalue weighted by Gasteiger charge is -2.34. The SMILES string of the molecule is Cc1ccc(S(=O)(=O)N2CCC(C(=O)N3CCCC3c3nnc4ccccn34)CC2)c(C)c1. The number of hydrogen-bond donors (Lipinski definition) is 0. The van der Waals surface area contributed by atoms with E-state index >= 15 is 0 Å². The Balaban J connectivity index is 1.29. The van der Waals surface area contributed by atoms with Gasteiger partial charge in [-0.3, -0.25) is 9.20 Å². The summed E-state index contributed by atoms with van der Waals surface area (Å²) in [5.41, 5.74) is 2.57. The number of aromatic nitrogens is 3. The lowest BCUT2D eigenvalue weighted by atomic mass is 9.96. The lowest BCUT2D eigenvalue weighted by molar-refractivity contribution is -0.137. The largest absolute Gasteiger partial charge is 0.332 e. The minimum absolute atomic E-state index is 0.0909. The van der Waals surface area contributed by atoms with Gasteiger partial charge in [0.1, 0.15) is 0 Å². The van der Waals surface area contributed by atoms with Crippen molar-refractivity contribution in [3.05, 3.63) is 59.5 Å². The van der Waals surface area contributed by atoms with Crippen LogP contribution in [-0.2, 0) is 14.8 Å². The topological polar surface area (TPSA) is 87.9 Å². The van der Waals surface area contributed by atoms with Gasteiger partial charge in [0.05, 0.1) is 10.9 Å². The van der Waals surface area contributed by atoms with Gasteiger partial charge in [0.2, 0.25) is 15.9 Å². The highest BCUT2D eigenvalue weighted by Gasteiger charge is 2.39. The normalized spacial score (nSPS) is 20.5. The number of amides is 1. The van der Waals surface area contributed by atoms with Gasteiger partial charge in [-0.25, -0.2) is 8.42 Å². The van der Waals surface area contributed by atoms with Gasteiger partial charge in [-0.2, -0.15) is 4.31 Å². The first-order chi connectivity index (χ1) is 15.9. The first-order valence-corrected chi connectivity index (χ1v) is 13.0. The zero-order valence-electron chi connectivity index (χ0n) is 19.0. The van der Waals surface area contributed by atoms with Crippen molar-refractivity contribution in [2.45, 2.75) is 50.5 Å². The number of piperidine rings is 1. The standard InChI is InChI=1S/C24H29N5O3S/c1-17-8-9-21(18(2)16-17)33(31,32)27-14-10-19(11-15-27)24(30)28-13-5-6-20(28)23-26-25-22-7-3-4-12-29(22)23/h3-4,7-9,12,16,19-20H,5-6,10-11,13-15H2,1-2H3. The molecular formula is C24H29N5O3S. The van der Waals surface area contributed by atoms with Crippen molar-refractivity contribution in [1.29, 1.82) is 0 Å². The van der Waals surface area contributed by atoms with Crippen LogP contribution in [0.2, 0.25) is 0 Å². The summed E-state index contributed by atoms with van der Waals surface area (Å²) in [4.78, 5) is 15.8. The quantitative estimate of drug-likeness (QED) is 0.588. The van der Waals surface area contributed by atoms with Crippen molar-refractivity contribution in [3.63, 3.8) is 0 Å². The molecular weight excluding hydrogens is 438 g/mol. The summed E-state index contributed by atoms with van der Waals surface area (Å²) < 4.78 is 29.9. The Kier molecular flexibility index (Phi) is 5.70. The Morgan fingerprint density at radius 2 is 1.79 bits per heavy atom. The van der Waals surface area contributed by atoms with E-state index in [0.29, 0.717) is 37.4 Å². The van der Waals surface area contributed by atoms with Gasteiger partial charge >= 0.3 is 0 Å². The van der Waals surface area contributed by atoms with Crippen LogP contribution in [0, 0.1) is 19.8 Å². The summed E-state index contributed by atoms with van der Waals surface area (Å²) in [5, 5.41) is 8.63. The number of pyridine rings is 1. The van der Waals surface area contributed by atoms with Crippen LogP contribution in [0.4, 0.5) is 0 Å². The number of carbonyl (C=O) groups is 1. The minimum Gasteiger partial charge on any atom is -0.332 e. The molecule has 33 heavy (non-hydrogen) atoms. The molecule has 9 heteroatoms. The van der Waals surface area contributed by atoms with E-state index in [1.807, 2.05) is 59.7 Å². The second-order valence-corrected chi connectivity index (χ2v) is 11.0. The molecule has 3 aromatic rings. The molecule has 2 aliphatic rings. The van der Waals surface area contributed by atoms with E-state index in [2.05, 4.69) is 10.2 Å². The highest BCUT2D eigenvalue weighted by Crippen LogP contribution is 2.35. The van der Waals surface area contributed by atoms with E-state index in [0.717, 1.165) is 35.4 Å². The molecule has 5 rings (SSSR count). The second-order valence-electron chi connectivity index (χ2n) is 9.12. The fourth-order valence-electron chi connectivity index (χ4n) is 5.19. The number of sulfonamides is 1. The van der Waals surface area contributed by atoms with Gasteiger partial charge in [-0.1, -0.05) is 23.8 Å². The van der Waals surface area contributed by atoms with Gasteiger partial charge in [-0.15, -0.1) is 10.2 Å². The predicted octanol–water partition coefficient (Wildman–Crippen LogP) is 3.11. The monoisotopic (exact) mass is 467 g/mol. The predicted molar refractivity (Wildman–Crippen MR) is 124 cm³/mol. The fraction of sp³-hybridized carbons (Fsp3) is 0.458. The third-order valence-corrected chi connectivity index (χ3v) is 8.98.